The molecule has 0 N–H and O–H groups in total. The molecule has 0 bridgehead atoms. The van der Waals surface area contributed by atoms with Crippen LogP contribution in [0.25, 0.3) is 0 Å². The topological polar surface area (TPSA) is 76.6 Å². The third-order valence-electron chi connectivity index (χ3n) is 2.26. The van der Waals surface area contributed by atoms with Crippen molar-refractivity contribution in [1.82, 2.24) is 9.29 Å². The van der Waals surface area contributed by atoms with Crippen molar-refractivity contribution in [3.8, 4) is 0 Å². The average Bonchev–Trinajstić information content (AvgIpc) is 2.74. The molecule has 0 saturated carbocycles. The molecule has 6 nitrogen and oxygen atoms in total. The summed E-state index contributed by atoms with van der Waals surface area (Å²) in [6, 6.07) is 0. The molecule has 0 aliphatic rings. The molecule has 0 fully saturated rings. The van der Waals surface area contributed by atoms with Crippen LogP contribution in [0.2, 0.25) is 0 Å². The number of aromatic nitrogens is 1. The van der Waals surface area contributed by atoms with Crippen LogP contribution in [0.4, 0.5) is 0 Å². The second-order valence-corrected chi connectivity index (χ2v) is 8.40. The van der Waals surface area contributed by atoms with Crippen LogP contribution in [-0.2, 0) is 14.8 Å². The van der Waals surface area contributed by atoms with Gasteiger partial charge in [-0.2, -0.15) is 4.31 Å². The molecule has 1 rings (SSSR count). The van der Waals surface area contributed by atoms with Crippen LogP contribution in [0.15, 0.2) is 9.72 Å². The van der Waals surface area contributed by atoms with E-state index in [9.17, 15) is 13.2 Å². The monoisotopic (exact) mass is 306 g/mol. The highest BCUT2D eigenvalue weighted by Gasteiger charge is 2.31. The summed E-state index contributed by atoms with van der Waals surface area (Å²) in [5.41, 5.74) is 0.982. The number of esters is 1. The van der Waals surface area contributed by atoms with E-state index in [-0.39, 0.29) is 15.3 Å². The molecule has 0 amide bonds. The molecular formula is C11H18N2O4S2. The van der Waals surface area contributed by atoms with Crippen molar-refractivity contribution in [3.05, 3.63) is 11.2 Å². The number of methoxy groups -OCH3 is 1. The Balaban J connectivity index is 3.15. The molecule has 1 heterocycles. The molecule has 1 aromatic heterocycles. The van der Waals surface area contributed by atoms with Crippen LogP contribution in [0.5, 0.6) is 0 Å². The Kier molecular flexibility index (Phi) is 4.70. The first kappa shape index (κ1) is 16.1. The van der Waals surface area contributed by atoms with E-state index in [0.717, 1.165) is 11.3 Å². The molecule has 0 spiro atoms. The predicted molar refractivity (Wildman–Crippen MR) is 72.7 cm³/mol. The summed E-state index contributed by atoms with van der Waals surface area (Å²) in [5.74, 6) is -0.746. The van der Waals surface area contributed by atoms with Crippen molar-refractivity contribution in [3.63, 3.8) is 0 Å². The molecule has 108 valence electrons. The van der Waals surface area contributed by atoms with Gasteiger partial charge in [-0.05, 0) is 5.41 Å². The second-order valence-electron chi connectivity index (χ2n) is 5.30. The average molecular weight is 306 g/mol. The van der Waals surface area contributed by atoms with E-state index < -0.39 is 16.0 Å². The van der Waals surface area contributed by atoms with Gasteiger partial charge in [0.1, 0.15) is 0 Å². The van der Waals surface area contributed by atoms with Crippen molar-refractivity contribution >= 4 is 27.3 Å². The van der Waals surface area contributed by atoms with Crippen molar-refractivity contribution in [1.29, 1.82) is 0 Å². The zero-order valence-corrected chi connectivity index (χ0v) is 13.3. The van der Waals surface area contributed by atoms with Gasteiger partial charge in [-0.25, -0.2) is 18.2 Å². The van der Waals surface area contributed by atoms with Gasteiger partial charge in [-0.15, -0.1) is 11.3 Å². The van der Waals surface area contributed by atoms with E-state index in [1.807, 2.05) is 20.8 Å². The Morgan fingerprint density at radius 2 is 2.05 bits per heavy atom. The van der Waals surface area contributed by atoms with E-state index in [2.05, 4.69) is 9.72 Å². The van der Waals surface area contributed by atoms with Crippen LogP contribution >= 0.6 is 11.3 Å². The Morgan fingerprint density at radius 3 is 2.53 bits per heavy atom. The van der Waals surface area contributed by atoms with Gasteiger partial charge in [0, 0.05) is 13.6 Å². The first-order valence-corrected chi connectivity index (χ1v) is 7.89. The minimum atomic E-state index is -3.73. The lowest BCUT2D eigenvalue weighted by Crippen LogP contribution is -2.34. The maximum Gasteiger partial charge on any atom is 0.358 e. The zero-order valence-electron chi connectivity index (χ0n) is 11.6. The molecule has 0 radical (unpaired) electrons. The van der Waals surface area contributed by atoms with Gasteiger partial charge in [-0.3, -0.25) is 0 Å². The normalized spacial score (nSPS) is 12.7. The van der Waals surface area contributed by atoms with Gasteiger partial charge < -0.3 is 4.74 Å². The molecule has 8 heteroatoms. The van der Waals surface area contributed by atoms with Crippen LogP contribution in [0.3, 0.4) is 0 Å². The third kappa shape index (κ3) is 3.74. The lowest BCUT2D eigenvalue weighted by Gasteiger charge is -2.25. The van der Waals surface area contributed by atoms with Crippen LogP contribution in [0.1, 0.15) is 31.3 Å². The highest BCUT2D eigenvalue weighted by Crippen LogP contribution is 2.26. The number of hydrogen-bond donors (Lipinski definition) is 0. The first-order chi connectivity index (χ1) is 8.59. The number of nitrogens with zero attached hydrogens (tertiary/aromatic N) is 2. The molecule has 0 atom stereocenters. The van der Waals surface area contributed by atoms with Gasteiger partial charge in [0.25, 0.3) is 10.0 Å². The summed E-state index contributed by atoms with van der Waals surface area (Å²) >= 11 is 0.913. The maximum absolute atomic E-state index is 12.4. The molecule has 0 aromatic carbocycles. The quantitative estimate of drug-likeness (QED) is 0.790. The lowest BCUT2D eigenvalue weighted by atomic mass is 9.97. The van der Waals surface area contributed by atoms with E-state index >= 15 is 0 Å². The number of hydrogen-bond acceptors (Lipinski definition) is 6. The Bertz CT molecular complexity index is 557. The van der Waals surface area contributed by atoms with E-state index in [0.29, 0.717) is 6.54 Å². The standard InChI is InChI=1S/C11H18N2O4S2/c1-11(2,3)6-13(4)19(15,16)10-8(9(14)17-5)12-7-18-10/h7H,6H2,1-5H3. The predicted octanol–water partition coefficient (Wildman–Crippen LogP) is 1.60. The highest BCUT2D eigenvalue weighted by molar-refractivity contribution is 7.91. The van der Waals surface area contributed by atoms with Gasteiger partial charge in [0.2, 0.25) is 0 Å². The van der Waals surface area contributed by atoms with Gasteiger partial charge >= 0.3 is 5.97 Å². The summed E-state index contributed by atoms with van der Waals surface area (Å²) < 4.78 is 30.5. The largest absolute Gasteiger partial charge is 0.464 e. The number of ether oxygens (including phenoxy) is 1. The SMILES string of the molecule is COC(=O)c1ncsc1S(=O)(=O)N(C)CC(C)(C)C. The first-order valence-electron chi connectivity index (χ1n) is 5.58. The minimum Gasteiger partial charge on any atom is -0.464 e. The van der Waals surface area contributed by atoms with Gasteiger partial charge in [0.05, 0.1) is 12.6 Å². The van der Waals surface area contributed by atoms with Crippen molar-refractivity contribution in [2.24, 2.45) is 5.41 Å². The molecule has 1 aromatic rings. The van der Waals surface area contributed by atoms with Crippen molar-refractivity contribution in [2.45, 2.75) is 25.0 Å². The fraction of sp³-hybridized carbons (Fsp3) is 0.636. The fourth-order valence-corrected chi connectivity index (χ4v) is 4.27. The Morgan fingerprint density at radius 1 is 1.47 bits per heavy atom. The van der Waals surface area contributed by atoms with Crippen molar-refractivity contribution in [2.75, 3.05) is 20.7 Å². The molecule has 19 heavy (non-hydrogen) atoms. The van der Waals surface area contributed by atoms with Crippen LogP contribution < -0.4 is 0 Å². The fourth-order valence-electron chi connectivity index (χ4n) is 1.55. The molecular weight excluding hydrogens is 288 g/mol. The molecule has 0 saturated heterocycles. The van der Waals surface area contributed by atoms with E-state index in [1.54, 1.807) is 0 Å². The summed E-state index contributed by atoms with van der Waals surface area (Å²) in [4.78, 5) is 15.3. The van der Waals surface area contributed by atoms with Crippen molar-refractivity contribution < 1.29 is 17.9 Å². The minimum absolute atomic E-state index is 0.0777. The highest BCUT2D eigenvalue weighted by atomic mass is 32.2. The van der Waals surface area contributed by atoms with E-state index in [4.69, 9.17) is 0 Å². The second kappa shape index (κ2) is 5.56. The van der Waals surface area contributed by atoms with Gasteiger partial charge in [0.15, 0.2) is 9.90 Å². The van der Waals surface area contributed by atoms with Crippen LogP contribution in [-0.4, -0.2) is 44.4 Å². The number of carbonyl (C=O) groups excluding carboxylic acids is 1. The number of sulfonamides is 1. The third-order valence-corrected chi connectivity index (χ3v) is 5.41. The van der Waals surface area contributed by atoms with E-state index in [1.165, 1.54) is 24.0 Å². The number of rotatable bonds is 4. The summed E-state index contributed by atoms with van der Waals surface area (Å²) in [5, 5.41) is 0. The van der Waals surface area contributed by atoms with Gasteiger partial charge in [-0.1, -0.05) is 20.8 Å². The summed E-state index contributed by atoms with van der Waals surface area (Å²) in [7, 11) is -1.05. The zero-order chi connectivity index (χ0) is 14.8. The smallest absolute Gasteiger partial charge is 0.358 e. The Hall–Kier alpha value is -0.990. The lowest BCUT2D eigenvalue weighted by molar-refractivity contribution is 0.0590. The van der Waals surface area contributed by atoms with Crippen LogP contribution in [0, 0.1) is 5.41 Å². The summed E-state index contributed by atoms with van der Waals surface area (Å²) in [6.45, 7) is 6.15. The maximum atomic E-state index is 12.4. The molecule has 0 aliphatic heterocycles. The number of carbonyl (C=O) groups is 1. The Labute approximate surface area is 117 Å². The summed E-state index contributed by atoms with van der Waals surface area (Å²) in [6.07, 6.45) is 0. The number of thiazole rings is 1. The molecule has 0 unspecified atom stereocenters. The molecule has 0 aliphatic carbocycles.